The van der Waals surface area contributed by atoms with Crippen LogP contribution in [0.2, 0.25) is 0 Å². The van der Waals surface area contributed by atoms with Crippen molar-refractivity contribution in [2.45, 2.75) is 24.3 Å². The number of carbonyl (C=O) groups excluding carboxylic acids is 2. The number of cyclic esters (lactones) is 2. The number of rotatable bonds is 6. The van der Waals surface area contributed by atoms with E-state index in [1.165, 1.54) is 16.9 Å². The predicted octanol–water partition coefficient (Wildman–Crippen LogP) is -1.11. The third-order valence-electron chi connectivity index (χ3n) is 3.93. The summed E-state index contributed by atoms with van der Waals surface area (Å²) in [7, 11) is 6.27. The highest BCUT2D eigenvalue weighted by Crippen LogP contribution is 2.17. The van der Waals surface area contributed by atoms with Gasteiger partial charge in [0.1, 0.15) is 18.8 Å². The van der Waals surface area contributed by atoms with Gasteiger partial charge in [-0.15, -0.1) is 0 Å². The van der Waals surface area contributed by atoms with E-state index in [4.69, 9.17) is 24.1 Å². The number of hydrogen-bond donors (Lipinski definition) is 2. The Labute approximate surface area is 140 Å². The molecule has 0 aromatic carbocycles. The molecule has 10 heteroatoms. The van der Waals surface area contributed by atoms with Crippen molar-refractivity contribution in [3.05, 3.63) is 0 Å². The minimum Gasteiger partial charge on any atom is -0.447 e. The normalized spacial score (nSPS) is 27.5. The second-order valence-electron chi connectivity index (χ2n) is 5.52. The van der Waals surface area contributed by atoms with Crippen LogP contribution >= 0.6 is 0 Å². The molecule has 2 aliphatic rings. The third-order valence-corrected chi connectivity index (χ3v) is 3.93. The Morgan fingerprint density at radius 1 is 1.21 bits per heavy atom. The molecule has 2 heterocycles. The number of aliphatic hydroxyl groups is 2. The van der Waals surface area contributed by atoms with E-state index in [1.54, 1.807) is 21.2 Å². The van der Waals surface area contributed by atoms with Gasteiger partial charge in [0.2, 0.25) is 0 Å². The first kappa shape index (κ1) is 20.4. The summed E-state index contributed by atoms with van der Waals surface area (Å²) in [4.78, 5) is 24.6. The fraction of sp³-hybridized carbons (Fsp3) is 0.857. The van der Waals surface area contributed by atoms with E-state index in [2.05, 4.69) is 0 Å². The van der Waals surface area contributed by atoms with Crippen LogP contribution in [0.5, 0.6) is 0 Å². The number of carbonyl (C=O) groups is 2. The Kier molecular flexibility index (Phi) is 8.19. The van der Waals surface area contributed by atoms with Crippen molar-refractivity contribution in [3.63, 3.8) is 0 Å². The zero-order valence-electron chi connectivity index (χ0n) is 14.4. The lowest BCUT2D eigenvalue weighted by Gasteiger charge is -2.20. The lowest BCUT2D eigenvalue weighted by atomic mass is 10.2. The molecule has 0 radical (unpaired) electrons. The average molecular weight is 350 g/mol. The maximum Gasteiger partial charge on any atom is 0.410 e. The van der Waals surface area contributed by atoms with E-state index < -0.39 is 24.4 Å². The smallest absolute Gasteiger partial charge is 0.410 e. The van der Waals surface area contributed by atoms with Crippen molar-refractivity contribution in [1.82, 2.24) is 9.80 Å². The van der Waals surface area contributed by atoms with Crippen LogP contribution in [-0.2, 0) is 18.9 Å². The Bertz CT molecular complexity index is 422. The van der Waals surface area contributed by atoms with Gasteiger partial charge < -0.3 is 39.0 Å². The van der Waals surface area contributed by atoms with Crippen molar-refractivity contribution in [3.8, 4) is 0 Å². The first-order chi connectivity index (χ1) is 11.4. The predicted molar refractivity (Wildman–Crippen MR) is 81.6 cm³/mol. The molecule has 24 heavy (non-hydrogen) atoms. The van der Waals surface area contributed by atoms with Gasteiger partial charge in [0, 0.05) is 28.3 Å². The van der Waals surface area contributed by atoms with Crippen LogP contribution in [0.3, 0.4) is 0 Å². The van der Waals surface area contributed by atoms with E-state index in [0.29, 0.717) is 6.61 Å². The standard InChI is InChI=1S/2C7H13NO4/c1-8-5(4-11-2)6(3-9)12-7(8)10;1-8-5(3-12-7(8)10)6(9)4-11-2/h2*5-6,9H,3-4H2,1-2H3. The van der Waals surface area contributed by atoms with Crippen LogP contribution in [-0.4, -0.2) is 111 Å². The molecule has 0 aromatic rings. The molecule has 2 N–H and O–H groups in total. The van der Waals surface area contributed by atoms with Gasteiger partial charge >= 0.3 is 12.2 Å². The highest BCUT2D eigenvalue weighted by atomic mass is 16.6. The fourth-order valence-electron chi connectivity index (χ4n) is 2.38. The van der Waals surface area contributed by atoms with Crippen LogP contribution in [0.25, 0.3) is 0 Å². The number of ether oxygens (including phenoxy) is 4. The second kappa shape index (κ2) is 9.62. The van der Waals surface area contributed by atoms with Crippen molar-refractivity contribution < 1.29 is 38.7 Å². The molecule has 0 aliphatic carbocycles. The van der Waals surface area contributed by atoms with Crippen LogP contribution in [0, 0.1) is 0 Å². The topological polar surface area (TPSA) is 118 Å². The zero-order chi connectivity index (χ0) is 18.3. The first-order valence-electron chi connectivity index (χ1n) is 7.47. The molecular weight excluding hydrogens is 324 g/mol. The minimum absolute atomic E-state index is 0.163. The minimum atomic E-state index is -0.675. The summed E-state index contributed by atoms with van der Waals surface area (Å²) in [6, 6.07) is -0.454. The van der Waals surface area contributed by atoms with E-state index >= 15 is 0 Å². The molecule has 10 nitrogen and oxygen atoms in total. The van der Waals surface area contributed by atoms with Gasteiger partial charge in [0.05, 0.1) is 31.9 Å². The van der Waals surface area contributed by atoms with E-state index in [-0.39, 0.29) is 31.9 Å². The lowest BCUT2D eigenvalue weighted by molar-refractivity contribution is 0.0223. The van der Waals surface area contributed by atoms with Gasteiger partial charge in [-0.2, -0.15) is 0 Å². The molecule has 0 spiro atoms. The number of nitrogens with zero attached hydrogens (tertiary/aromatic N) is 2. The van der Waals surface area contributed by atoms with E-state index in [9.17, 15) is 14.7 Å². The second-order valence-corrected chi connectivity index (χ2v) is 5.52. The van der Waals surface area contributed by atoms with Gasteiger partial charge in [0.25, 0.3) is 0 Å². The van der Waals surface area contributed by atoms with Crippen molar-refractivity contribution in [2.75, 3.05) is 54.7 Å². The monoisotopic (exact) mass is 350 g/mol. The summed E-state index contributed by atoms with van der Waals surface area (Å²) in [5.74, 6) is 0. The molecule has 4 unspecified atom stereocenters. The Morgan fingerprint density at radius 2 is 1.88 bits per heavy atom. The summed E-state index contributed by atoms with van der Waals surface area (Å²) in [5, 5.41) is 18.3. The molecule has 2 amide bonds. The third kappa shape index (κ3) is 4.94. The molecule has 0 bridgehead atoms. The largest absolute Gasteiger partial charge is 0.447 e. The molecule has 2 saturated heterocycles. The SMILES string of the molecule is COCC(O)C1COC(=O)N1C.COCC1C(CO)OC(=O)N1C. The molecule has 2 aliphatic heterocycles. The summed E-state index contributed by atoms with van der Waals surface area (Å²) < 4.78 is 19.2. The Morgan fingerprint density at radius 3 is 2.33 bits per heavy atom. The van der Waals surface area contributed by atoms with Crippen LogP contribution < -0.4 is 0 Å². The van der Waals surface area contributed by atoms with E-state index in [1.807, 2.05) is 0 Å². The number of likely N-dealkylation sites (N-methyl/N-ethyl adjacent to an activating group) is 2. The highest BCUT2D eigenvalue weighted by Gasteiger charge is 2.38. The van der Waals surface area contributed by atoms with E-state index in [0.717, 1.165) is 0 Å². The van der Waals surface area contributed by atoms with Crippen LogP contribution in [0.15, 0.2) is 0 Å². The summed E-state index contributed by atoms with van der Waals surface area (Å²) in [6.07, 6.45) is -1.93. The fourth-order valence-corrected chi connectivity index (χ4v) is 2.38. The first-order valence-corrected chi connectivity index (χ1v) is 7.47. The van der Waals surface area contributed by atoms with Gasteiger partial charge in [-0.05, 0) is 0 Å². The molecule has 2 rings (SSSR count). The number of methoxy groups -OCH3 is 2. The maximum absolute atomic E-state index is 11.0. The van der Waals surface area contributed by atoms with Gasteiger partial charge in [-0.1, -0.05) is 0 Å². The summed E-state index contributed by atoms with van der Waals surface area (Å²) in [6.45, 7) is 0.670. The molecule has 0 saturated carbocycles. The van der Waals surface area contributed by atoms with Crippen molar-refractivity contribution >= 4 is 12.2 Å². The Hall–Kier alpha value is -1.62. The summed E-state index contributed by atoms with van der Waals surface area (Å²) >= 11 is 0. The zero-order valence-corrected chi connectivity index (χ0v) is 14.4. The molecule has 140 valence electrons. The maximum atomic E-state index is 11.0. The Balaban J connectivity index is 0.000000240. The molecule has 2 fully saturated rings. The molecule has 4 atom stereocenters. The molecule has 0 aromatic heterocycles. The van der Waals surface area contributed by atoms with Crippen molar-refractivity contribution in [1.29, 1.82) is 0 Å². The highest BCUT2D eigenvalue weighted by molar-refractivity contribution is 5.70. The number of aliphatic hydroxyl groups excluding tert-OH is 2. The van der Waals surface area contributed by atoms with Crippen LogP contribution in [0.4, 0.5) is 9.59 Å². The van der Waals surface area contributed by atoms with Gasteiger partial charge in [-0.25, -0.2) is 9.59 Å². The summed E-state index contributed by atoms with van der Waals surface area (Å²) in [5.41, 5.74) is 0. The number of amides is 2. The quantitative estimate of drug-likeness (QED) is 0.619. The number of hydrogen-bond acceptors (Lipinski definition) is 8. The van der Waals surface area contributed by atoms with Gasteiger partial charge in [0.15, 0.2) is 0 Å². The van der Waals surface area contributed by atoms with Crippen molar-refractivity contribution in [2.24, 2.45) is 0 Å². The van der Waals surface area contributed by atoms with Crippen LogP contribution in [0.1, 0.15) is 0 Å². The lowest BCUT2D eigenvalue weighted by Crippen LogP contribution is -2.41. The van der Waals surface area contributed by atoms with Gasteiger partial charge in [-0.3, -0.25) is 0 Å². The molecular formula is C14H26N2O8. The average Bonchev–Trinajstić information content (AvgIpc) is 3.03.